The van der Waals surface area contributed by atoms with E-state index in [-0.39, 0.29) is 0 Å². The number of hydrogen-bond donors (Lipinski definition) is 0. The van der Waals surface area contributed by atoms with Crippen LogP contribution in [0.1, 0.15) is 11.1 Å². The number of benzene rings is 1. The number of rotatable bonds is 4. The summed E-state index contributed by atoms with van der Waals surface area (Å²) in [5.41, 5.74) is 2.56. The second-order valence-corrected chi connectivity index (χ2v) is 3.62. The van der Waals surface area contributed by atoms with Gasteiger partial charge in [-0.1, -0.05) is 36.9 Å². The van der Waals surface area contributed by atoms with E-state index < -0.39 is 0 Å². The molecule has 0 aliphatic heterocycles. The molecule has 2 rings (SSSR count). The lowest BCUT2D eigenvalue weighted by atomic mass is 10.1. The van der Waals surface area contributed by atoms with Crippen molar-refractivity contribution in [3.63, 3.8) is 0 Å². The zero-order valence-electron chi connectivity index (χ0n) is 8.76. The maximum absolute atomic E-state index is 3.78. The number of hydrogen-bond acceptors (Lipinski definition) is 0. The maximum Gasteiger partial charge on any atom is 0.0260 e. The predicted octanol–water partition coefficient (Wildman–Crippen LogP) is 3.37. The third-order valence-electron chi connectivity index (χ3n) is 2.51. The lowest BCUT2D eigenvalue weighted by molar-refractivity contribution is 0.701. The molecule has 0 bridgehead atoms. The molecule has 2 aromatic rings. The molecule has 0 N–H and O–H groups in total. The molecule has 0 atom stereocenters. The molecule has 1 nitrogen and oxygen atoms in total. The highest BCUT2D eigenvalue weighted by atomic mass is 14.9. The van der Waals surface area contributed by atoms with Gasteiger partial charge in [0.1, 0.15) is 0 Å². The van der Waals surface area contributed by atoms with Crippen LogP contribution in [0.3, 0.4) is 0 Å². The summed E-state index contributed by atoms with van der Waals surface area (Å²) in [4.78, 5) is 0. The Morgan fingerprint density at radius 3 is 2.67 bits per heavy atom. The fourth-order valence-electron chi connectivity index (χ4n) is 1.65. The van der Waals surface area contributed by atoms with E-state index in [4.69, 9.17) is 0 Å². The molecule has 76 valence electrons. The van der Waals surface area contributed by atoms with E-state index in [0.717, 1.165) is 13.0 Å². The second kappa shape index (κ2) is 4.65. The summed E-state index contributed by atoms with van der Waals surface area (Å²) in [5, 5.41) is 0. The highest BCUT2D eigenvalue weighted by Gasteiger charge is 1.94. The van der Waals surface area contributed by atoms with Crippen LogP contribution in [0.2, 0.25) is 0 Å². The minimum atomic E-state index is 1.04. The average Bonchev–Trinajstić information content (AvgIpc) is 2.79. The summed E-state index contributed by atoms with van der Waals surface area (Å²) in [5.74, 6) is 0. The van der Waals surface area contributed by atoms with Crippen molar-refractivity contribution in [1.82, 2.24) is 4.57 Å². The van der Waals surface area contributed by atoms with Gasteiger partial charge in [0.05, 0.1) is 0 Å². The number of aromatic nitrogens is 1. The van der Waals surface area contributed by atoms with Crippen LogP contribution in [-0.2, 0) is 13.0 Å². The molecule has 0 radical (unpaired) electrons. The summed E-state index contributed by atoms with van der Waals surface area (Å²) in [6, 6.07) is 12.6. The molecule has 0 aliphatic rings. The number of aryl methyl sites for hydroxylation is 2. The van der Waals surface area contributed by atoms with Crippen LogP contribution < -0.4 is 0 Å². The second-order valence-electron chi connectivity index (χ2n) is 3.62. The summed E-state index contributed by atoms with van der Waals surface area (Å²) in [7, 11) is 0. The molecule has 0 amide bonds. The molecular formula is C14H15N. The van der Waals surface area contributed by atoms with Crippen molar-refractivity contribution in [2.24, 2.45) is 0 Å². The van der Waals surface area contributed by atoms with Crippen LogP contribution in [0.4, 0.5) is 0 Å². The fourth-order valence-corrected chi connectivity index (χ4v) is 1.65. The minimum Gasteiger partial charge on any atom is -0.354 e. The first-order chi connectivity index (χ1) is 7.38. The zero-order valence-corrected chi connectivity index (χ0v) is 8.76. The van der Waals surface area contributed by atoms with E-state index in [9.17, 15) is 0 Å². The van der Waals surface area contributed by atoms with E-state index in [0.29, 0.717) is 0 Å². The third-order valence-corrected chi connectivity index (χ3v) is 2.51. The Morgan fingerprint density at radius 1 is 1.13 bits per heavy atom. The predicted molar refractivity (Wildman–Crippen MR) is 64.7 cm³/mol. The molecule has 15 heavy (non-hydrogen) atoms. The highest BCUT2D eigenvalue weighted by molar-refractivity contribution is 5.47. The maximum atomic E-state index is 3.78. The molecule has 0 saturated carbocycles. The van der Waals surface area contributed by atoms with E-state index >= 15 is 0 Å². The Kier molecular flexibility index (Phi) is 3.03. The molecule has 0 saturated heterocycles. The Balaban J connectivity index is 2.01. The minimum absolute atomic E-state index is 1.04. The Bertz CT molecular complexity index is 426. The van der Waals surface area contributed by atoms with Gasteiger partial charge in [-0.25, -0.2) is 0 Å². The van der Waals surface area contributed by atoms with Crippen molar-refractivity contribution in [2.75, 3.05) is 0 Å². The van der Waals surface area contributed by atoms with E-state index in [1.807, 2.05) is 6.08 Å². The van der Waals surface area contributed by atoms with Crippen molar-refractivity contribution in [3.8, 4) is 0 Å². The van der Waals surface area contributed by atoms with Crippen molar-refractivity contribution in [1.29, 1.82) is 0 Å². The normalized spacial score (nSPS) is 10.1. The third kappa shape index (κ3) is 2.59. The van der Waals surface area contributed by atoms with Gasteiger partial charge in [-0.05, 0) is 29.7 Å². The highest BCUT2D eigenvalue weighted by Crippen LogP contribution is 2.08. The van der Waals surface area contributed by atoms with Crippen LogP contribution >= 0.6 is 0 Å². The first-order valence-corrected chi connectivity index (χ1v) is 5.20. The van der Waals surface area contributed by atoms with Gasteiger partial charge < -0.3 is 4.57 Å². The SMILES string of the molecule is C=Cc1cccc(CCn2cccc2)c1. The van der Waals surface area contributed by atoms with Crippen LogP contribution in [0, 0.1) is 0 Å². The van der Waals surface area contributed by atoms with Gasteiger partial charge in [0, 0.05) is 18.9 Å². The molecule has 0 aliphatic carbocycles. The lowest BCUT2D eigenvalue weighted by Crippen LogP contribution is -1.98. The van der Waals surface area contributed by atoms with E-state index in [1.54, 1.807) is 0 Å². The van der Waals surface area contributed by atoms with Gasteiger partial charge in [-0.15, -0.1) is 0 Å². The van der Waals surface area contributed by atoms with Crippen LogP contribution in [0.25, 0.3) is 6.08 Å². The van der Waals surface area contributed by atoms with Crippen LogP contribution in [0.15, 0.2) is 55.4 Å². The quantitative estimate of drug-likeness (QED) is 0.708. The lowest BCUT2D eigenvalue weighted by Gasteiger charge is -2.04. The van der Waals surface area contributed by atoms with Crippen LogP contribution in [0.5, 0.6) is 0 Å². The summed E-state index contributed by atoms with van der Waals surface area (Å²) in [6.07, 6.45) is 7.14. The monoisotopic (exact) mass is 197 g/mol. The first kappa shape index (κ1) is 9.78. The van der Waals surface area contributed by atoms with Crippen LogP contribution in [-0.4, -0.2) is 4.57 Å². The molecule has 1 heterocycles. The molecular weight excluding hydrogens is 182 g/mol. The molecule has 0 unspecified atom stereocenters. The topological polar surface area (TPSA) is 4.93 Å². The van der Waals surface area contributed by atoms with Gasteiger partial charge >= 0.3 is 0 Å². The molecule has 1 heteroatoms. The van der Waals surface area contributed by atoms with E-state index in [2.05, 4.69) is 59.9 Å². The Hall–Kier alpha value is -1.76. The van der Waals surface area contributed by atoms with Gasteiger partial charge in [0.2, 0.25) is 0 Å². The zero-order chi connectivity index (χ0) is 10.5. The standard InChI is InChI=1S/C14H15N/c1-2-13-6-5-7-14(12-13)8-11-15-9-3-4-10-15/h2-7,9-10,12H,1,8,11H2. The smallest absolute Gasteiger partial charge is 0.0260 e. The molecule has 1 aromatic heterocycles. The van der Waals surface area contributed by atoms with Crippen molar-refractivity contribution in [2.45, 2.75) is 13.0 Å². The largest absolute Gasteiger partial charge is 0.354 e. The fraction of sp³-hybridized carbons (Fsp3) is 0.143. The van der Waals surface area contributed by atoms with E-state index in [1.165, 1.54) is 11.1 Å². The van der Waals surface area contributed by atoms with Gasteiger partial charge in [-0.3, -0.25) is 0 Å². The molecule has 0 fully saturated rings. The van der Waals surface area contributed by atoms with Gasteiger partial charge in [-0.2, -0.15) is 0 Å². The first-order valence-electron chi connectivity index (χ1n) is 5.20. The van der Waals surface area contributed by atoms with Gasteiger partial charge in [0.15, 0.2) is 0 Å². The molecule has 0 spiro atoms. The Labute approximate surface area is 90.7 Å². The number of nitrogens with zero attached hydrogens (tertiary/aromatic N) is 1. The summed E-state index contributed by atoms with van der Waals surface area (Å²) in [6.45, 7) is 4.81. The van der Waals surface area contributed by atoms with Crippen molar-refractivity contribution >= 4 is 6.08 Å². The molecule has 1 aromatic carbocycles. The average molecular weight is 197 g/mol. The van der Waals surface area contributed by atoms with Gasteiger partial charge in [0.25, 0.3) is 0 Å². The summed E-state index contributed by atoms with van der Waals surface area (Å²) >= 11 is 0. The van der Waals surface area contributed by atoms with Crippen molar-refractivity contribution < 1.29 is 0 Å². The van der Waals surface area contributed by atoms with Crippen molar-refractivity contribution in [3.05, 3.63) is 66.5 Å². The summed E-state index contributed by atoms with van der Waals surface area (Å²) < 4.78 is 2.20. The Morgan fingerprint density at radius 2 is 1.93 bits per heavy atom.